The van der Waals surface area contributed by atoms with E-state index in [1.807, 2.05) is 19.1 Å². The lowest BCUT2D eigenvalue weighted by molar-refractivity contribution is -0.135. The van der Waals surface area contributed by atoms with Gasteiger partial charge in [0.15, 0.2) is 0 Å². The molecule has 0 atom stereocenters. The number of aryl methyl sites for hydroxylation is 1. The molecule has 1 heterocycles. The second-order valence-electron chi connectivity index (χ2n) is 2.75. The zero-order valence-corrected chi connectivity index (χ0v) is 7.45. The Morgan fingerprint density at radius 3 is 3.08 bits per heavy atom. The maximum atomic E-state index is 10.2. The number of nitrogens with one attached hydrogen (secondary N) is 1. The van der Waals surface area contributed by atoms with Crippen LogP contribution in [0.25, 0.3) is 0 Å². The van der Waals surface area contributed by atoms with Crippen LogP contribution in [-0.2, 0) is 11.3 Å². The summed E-state index contributed by atoms with van der Waals surface area (Å²) in [6.07, 6.45) is 1.72. The highest BCUT2D eigenvalue weighted by Gasteiger charge is 1.99. The summed E-state index contributed by atoms with van der Waals surface area (Å²) in [6, 6.07) is 3.77. The summed E-state index contributed by atoms with van der Waals surface area (Å²) in [4.78, 5) is 14.3. The van der Waals surface area contributed by atoms with Crippen molar-refractivity contribution < 1.29 is 9.90 Å². The molecule has 1 aromatic heterocycles. The molecule has 1 rings (SSSR count). The normalized spacial score (nSPS) is 9.92. The van der Waals surface area contributed by atoms with Gasteiger partial charge >= 0.3 is 5.97 Å². The van der Waals surface area contributed by atoms with Crippen molar-refractivity contribution >= 4 is 5.97 Å². The van der Waals surface area contributed by atoms with Crippen LogP contribution in [0.1, 0.15) is 11.3 Å². The van der Waals surface area contributed by atoms with Crippen molar-refractivity contribution in [2.24, 2.45) is 0 Å². The molecule has 1 aromatic rings. The Morgan fingerprint density at radius 2 is 2.46 bits per heavy atom. The van der Waals surface area contributed by atoms with Crippen molar-refractivity contribution in [1.29, 1.82) is 0 Å². The maximum absolute atomic E-state index is 10.2. The molecule has 0 radical (unpaired) electrons. The van der Waals surface area contributed by atoms with Crippen molar-refractivity contribution in [2.75, 3.05) is 6.54 Å². The molecule has 0 bridgehead atoms. The number of carbonyl (C=O) groups is 1. The molecule has 0 fully saturated rings. The van der Waals surface area contributed by atoms with Crippen LogP contribution in [0.15, 0.2) is 18.3 Å². The van der Waals surface area contributed by atoms with Crippen LogP contribution in [-0.4, -0.2) is 22.6 Å². The summed E-state index contributed by atoms with van der Waals surface area (Å²) in [5.74, 6) is -0.846. The second kappa shape index (κ2) is 4.57. The van der Waals surface area contributed by atoms with Gasteiger partial charge in [0.25, 0.3) is 0 Å². The van der Waals surface area contributed by atoms with Gasteiger partial charge in [-0.1, -0.05) is 6.07 Å². The first-order valence-electron chi connectivity index (χ1n) is 4.03. The number of aliphatic carboxylic acids is 1. The maximum Gasteiger partial charge on any atom is 0.317 e. The first kappa shape index (κ1) is 9.67. The average molecular weight is 180 g/mol. The van der Waals surface area contributed by atoms with Gasteiger partial charge in [-0.25, -0.2) is 0 Å². The molecule has 13 heavy (non-hydrogen) atoms. The van der Waals surface area contributed by atoms with Crippen molar-refractivity contribution in [3.8, 4) is 0 Å². The first-order valence-corrected chi connectivity index (χ1v) is 4.03. The van der Waals surface area contributed by atoms with Gasteiger partial charge in [-0.3, -0.25) is 9.78 Å². The lowest BCUT2D eigenvalue weighted by Gasteiger charge is -2.04. The van der Waals surface area contributed by atoms with Crippen LogP contribution in [0, 0.1) is 6.92 Å². The third-order valence-electron chi connectivity index (χ3n) is 1.71. The fourth-order valence-corrected chi connectivity index (χ4v) is 1.01. The third-order valence-corrected chi connectivity index (χ3v) is 1.71. The predicted octanol–water partition coefficient (Wildman–Crippen LogP) is 0.564. The van der Waals surface area contributed by atoms with E-state index in [-0.39, 0.29) is 6.54 Å². The van der Waals surface area contributed by atoms with E-state index in [4.69, 9.17) is 5.11 Å². The van der Waals surface area contributed by atoms with Gasteiger partial charge in [-0.05, 0) is 18.6 Å². The largest absolute Gasteiger partial charge is 0.480 e. The number of carboxylic acid groups (broad SMARTS) is 1. The molecule has 2 N–H and O–H groups in total. The fourth-order valence-electron chi connectivity index (χ4n) is 1.01. The van der Waals surface area contributed by atoms with Crippen molar-refractivity contribution in [2.45, 2.75) is 13.5 Å². The molecule has 0 amide bonds. The molecule has 0 saturated heterocycles. The summed E-state index contributed by atoms with van der Waals surface area (Å²) in [7, 11) is 0. The highest BCUT2D eigenvalue weighted by Crippen LogP contribution is 2.01. The molecule has 0 aliphatic rings. The number of pyridine rings is 1. The predicted molar refractivity (Wildman–Crippen MR) is 48.3 cm³/mol. The number of carboxylic acids is 1. The number of rotatable bonds is 4. The Labute approximate surface area is 76.6 Å². The summed E-state index contributed by atoms with van der Waals surface area (Å²) in [5, 5.41) is 11.2. The van der Waals surface area contributed by atoms with Crippen molar-refractivity contribution in [3.63, 3.8) is 0 Å². The molecule has 0 spiro atoms. The van der Waals surface area contributed by atoms with Gasteiger partial charge in [0.05, 0.1) is 6.54 Å². The van der Waals surface area contributed by atoms with E-state index in [9.17, 15) is 4.79 Å². The minimum atomic E-state index is -0.846. The Morgan fingerprint density at radius 1 is 1.69 bits per heavy atom. The lowest BCUT2D eigenvalue weighted by Crippen LogP contribution is -2.22. The van der Waals surface area contributed by atoms with Crippen LogP contribution in [0.2, 0.25) is 0 Å². The van der Waals surface area contributed by atoms with E-state index in [1.165, 1.54) is 0 Å². The molecule has 0 aliphatic carbocycles. The standard InChI is InChI=1S/C9H12N2O2/c1-7-8(3-2-4-11-7)5-10-6-9(12)13/h2-4,10H,5-6H2,1H3,(H,12,13). The first-order chi connectivity index (χ1) is 6.20. The van der Waals surface area contributed by atoms with Gasteiger partial charge in [0.2, 0.25) is 0 Å². The minimum absolute atomic E-state index is 0.0195. The summed E-state index contributed by atoms with van der Waals surface area (Å²) in [5.41, 5.74) is 1.96. The summed E-state index contributed by atoms with van der Waals surface area (Å²) < 4.78 is 0. The van der Waals surface area contributed by atoms with Gasteiger partial charge < -0.3 is 10.4 Å². The molecular formula is C9H12N2O2. The lowest BCUT2D eigenvalue weighted by atomic mass is 10.2. The Bertz CT molecular complexity index is 299. The highest BCUT2D eigenvalue weighted by molar-refractivity contribution is 5.68. The van der Waals surface area contributed by atoms with E-state index >= 15 is 0 Å². The third kappa shape index (κ3) is 3.21. The average Bonchev–Trinajstić information content (AvgIpc) is 2.08. The molecule has 0 saturated carbocycles. The monoisotopic (exact) mass is 180 g/mol. The molecule has 0 aliphatic heterocycles. The smallest absolute Gasteiger partial charge is 0.317 e. The van der Waals surface area contributed by atoms with Crippen LogP contribution in [0.4, 0.5) is 0 Å². The Balaban J connectivity index is 2.45. The van der Waals surface area contributed by atoms with Crippen LogP contribution >= 0.6 is 0 Å². The zero-order chi connectivity index (χ0) is 9.68. The minimum Gasteiger partial charge on any atom is -0.480 e. The molecule has 0 unspecified atom stereocenters. The topological polar surface area (TPSA) is 62.2 Å². The summed E-state index contributed by atoms with van der Waals surface area (Å²) >= 11 is 0. The van der Waals surface area contributed by atoms with Crippen LogP contribution in [0.5, 0.6) is 0 Å². The number of hydrogen-bond donors (Lipinski definition) is 2. The Kier molecular flexibility index (Phi) is 3.40. The van der Waals surface area contributed by atoms with E-state index in [1.54, 1.807) is 6.20 Å². The highest BCUT2D eigenvalue weighted by atomic mass is 16.4. The Hall–Kier alpha value is -1.42. The second-order valence-corrected chi connectivity index (χ2v) is 2.75. The van der Waals surface area contributed by atoms with E-state index in [0.29, 0.717) is 6.54 Å². The SMILES string of the molecule is Cc1ncccc1CNCC(=O)O. The van der Waals surface area contributed by atoms with E-state index in [0.717, 1.165) is 11.3 Å². The fraction of sp³-hybridized carbons (Fsp3) is 0.333. The number of nitrogens with zero attached hydrogens (tertiary/aromatic N) is 1. The van der Waals surface area contributed by atoms with Gasteiger partial charge in [0, 0.05) is 18.4 Å². The quantitative estimate of drug-likeness (QED) is 0.710. The number of aromatic nitrogens is 1. The van der Waals surface area contributed by atoms with Crippen LogP contribution in [0.3, 0.4) is 0 Å². The molecule has 0 aromatic carbocycles. The van der Waals surface area contributed by atoms with Crippen LogP contribution < -0.4 is 5.32 Å². The van der Waals surface area contributed by atoms with E-state index < -0.39 is 5.97 Å². The van der Waals surface area contributed by atoms with Gasteiger partial charge in [-0.2, -0.15) is 0 Å². The molecule has 4 heteroatoms. The molecule has 70 valence electrons. The van der Waals surface area contributed by atoms with E-state index in [2.05, 4.69) is 10.3 Å². The number of hydrogen-bond acceptors (Lipinski definition) is 3. The van der Waals surface area contributed by atoms with Gasteiger partial charge in [0.1, 0.15) is 0 Å². The molecular weight excluding hydrogens is 168 g/mol. The van der Waals surface area contributed by atoms with Crippen molar-refractivity contribution in [1.82, 2.24) is 10.3 Å². The molecule has 4 nitrogen and oxygen atoms in total. The zero-order valence-electron chi connectivity index (χ0n) is 7.45. The van der Waals surface area contributed by atoms with Crippen molar-refractivity contribution in [3.05, 3.63) is 29.6 Å². The summed E-state index contributed by atoms with van der Waals surface area (Å²) in [6.45, 7) is 2.43. The van der Waals surface area contributed by atoms with Gasteiger partial charge in [-0.15, -0.1) is 0 Å².